The fourth-order valence-corrected chi connectivity index (χ4v) is 3.67. The van der Waals surface area contributed by atoms with Crippen LogP contribution in [-0.2, 0) is 0 Å². The number of fused-ring (bicyclic) bond motifs is 1. The standard InChI is InChI=1S/C24H29FN6O2.C3H8/c1-14-11-17-18(28-14)5-4-6-20(23(17)25)33-24-30-21(27-9-10-32)13-22(31-24)29-15(2)12-19(26-3)16-7-8-16;1-3-2/h4-6,11-13,16,18,26,28,32H,2,7-10H2,1,3H3,(H2,27,29,30,31);3H2,1-2H3/b19-12-;. The van der Waals surface area contributed by atoms with Crippen LogP contribution in [0, 0.1) is 5.92 Å². The van der Waals surface area contributed by atoms with E-state index in [9.17, 15) is 0 Å². The summed E-state index contributed by atoms with van der Waals surface area (Å²) in [5, 5.41) is 21.7. The van der Waals surface area contributed by atoms with Crippen LogP contribution in [0.15, 0.2) is 77.3 Å². The lowest BCUT2D eigenvalue weighted by Gasteiger charge is -2.14. The average Bonchev–Trinajstić information content (AvgIpc) is 3.63. The van der Waals surface area contributed by atoms with Gasteiger partial charge in [0, 0.05) is 42.3 Å². The van der Waals surface area contributed by atoms with Crippen molar-refractivity contribution in [1.82, 2.24) is 20.6 Å². The predicted molar refractivity (Wildman–Crippen MR) is 143 cm³/mol. The van der Waals surface area contributed by atoms with Crippen LogP contribution >= 0.6 is 0 Å². The van der Waals surface area contributed by atoms with E-state index in [0.717, 1.165) is 24.2 Å². The van der Waals surface area contributed by atoms with Crippen molar-refractivity contribution in [3.63, 3.8) is 0 Å². The molecule has 3 aliphatic rings. The first kappa shape index (κ1) is 27.0. The molecule has 1 aromatic rings. The summed E-state index contributed by atoms with van der Waals surface area (Å²) in [5.41, 5.74) is 3.14. The maximum absolute atomic E-state index is 15.2. The van der Waals surface area contributed by atoms with Gasteiger partial charge in [0.25, 0.3) is 0 Å². The minimum absolute atomic E-state index is 0.0201. The predicted octanol–water partition coefficient (Wildman–Crippen LogP) is 4.67. The highest BCUT2D eigenvalue weighted by atomic mass is 19.1. The van der Waals surface area contributed by atoms with E-state index < -0.39 is 5.83 Å². The van der Waals surface area contributed by atoms with Crippen molar-refractivity contribution in [2.45, 2.75) is 46.1 Å². The molecule has 0 saturated heterocycles. The van der Waals surface area contributed by atoms with Crippen LogP contribution in [0.25, 0.3) is 0 Å². The molecule has 2 aliphatic carbocycles. The fourth-order valence-electron chi connectivity index (χ4n) is 3.67. The van der Waals surface area contributed by atoms with Crippen LogP contribution in [0.1, 0.15) is 40.0 Å². The molecule has 9 heteroatoms. The molecule has 4 rings (SSSR count). The average molecular weight is 497 g/mol. The number of nitrogens with one attached hydrogen (secondary N) is 4. The van der Waals surface area contributed by atoms with E-state index >= 15 is 4.39 Å². The lowest BCUT2D eigenvalue weighted by atomic mass is 10.1. The first-order chi connectivity index (χ1) is 17.4. The number of ether oxygens (including phenoxy) is 1. The topological polar surface area (TPSA) is 103 Å². The van der Waals surface area contributed by atoms with E-state index in [1.165, 1.54) is 6.42 Å². The third kappa shape index (κ3) is 7.45. The van der Waals surface area contributed by atoms with Crippen molar-refractivity contribution in [2.75, 3.05) is 30.8 Å². The molecule has 2 heterocycles. The van der Waals surface area contributed by atoms with E-state index in [-0.39, 0.29) is 24.4 Å². The maximum Gasteiger partial charge on any atom is 0.326 e. The smallest absolute Gasteiger partial charge is 0.326 e. The Morgan fingerprint density at radius 3 is 2.69 bits per heavy atom. The first-order valence-electron chi connectivity index (χ1n) is 12.4. The van der Waals surface area contributed by atoms with E-state index in [1.54, 1.807) is 24.3 Å². The molecule has 5 N–H and O–H groups in total. The van der Waals surface area contributed by atoms with Crippen molar-refractivity contribution in [3.05, 3.63) is 77.3 Å². The molecule has 0 spiro atoms. The maximum atomic E-state index is 15.2. The van der Waals surface area contributed by atoms with Gasteiger partial charge < -0.3 is 31.1 Å². The molecule has 194 valence electrons. The molecule has 1 unspecified atom stereocenters. The molecule has 0 amide bonds. The number of rotatable bonds is 10. The number of aliphatic hydroxyl groups excluding tert-OH is 1. The van der Waals surface area contributed by atoms with Gasteiger partial charge in [0.1, 0.15) is 11.6 Å². The number of aliphatic hydroxyl groups is 1. The molecule has 8 nitrogen and oxygen atoms in total. The minimum Gasteiger partial charge on any atom is -0.421 e. The van der Waals surface area contributed by atoms with Crippen LogP contribution in [0.2, 0.25) is 0 Å². The van der Waals surface area contributed by atoms with Gasteiger partial charge in [0.15, 0.2) is 11.6 Å². The summed E-state index contributed by atoms with van der Waals surface area (Å²) in [5.74, 6) is 0.945. The molecule has 0 aromatic carbocycles. The van der Waals surface area contributed by atoms with E-state index in [2.05, 4.69) is 51.7 Å². The number of aromatic nitrogens is 2. The summed E-state index contributed by atoms with van der Waals surface area (Å²) in [7, 11) is 1.89. The Morgan fingerprint density at radius 2 is 2.03 bits per heavy atom. The number of halogens is 1. The lowest BCUT2D eigenvalue weighted by Crippen LogP contribution is -2.21. The molecule has 1 atom stereocenters. The van der Waals surface area contributed by atoms with Crippen molar-refractivity contribution < 1.29 is 14.2 Å². The highest BCUT2D eigenvalue weighted by molar-refractivity contribution is 5.54. The monoisotopic (exact) mass is 496 g/mol. The molecule has 1 aromatic heterocycles. The lowest BCUT2D eigenvalue weighted by molar-refractivity contribution is 0.310. The summed E-state index contributed by atoms with van der Waals surface area (Å²) in [6.07, 6.45) is 12.4. The van der Waals surface area contributed by atoms with Crippen LogP contribution in [0.3, 0.4) is 0 Å². The fraction of sp³-hybridized carbons (Fsp3) is 0.407. The normalized spacial score (nSPS) is 18.6. The van der Waals surface area contributed by atoms with Gasteiger partial charge in [-0.25, -0.2) is 4.39 Å². The molecule has 0 bridgehead atoms. The highest BCUT2D eigenvalue weighted by Gasteiger charge is 2.26. The van der Waals surface area contributed by atoms with Crippen molar-refractivity contribution >= 4 is 11.6 Å². The number of anilines is 2. The second-order valence-corrected chi connectivity index (χ2v) is 8.79. The zero-order valence-electron chi connectivity index (χ0n) is 21.5. The van der Waals surface area contributed by atoms with Gasteiger partial charge in [-0.05, 0) is 43.9 Å². The van der Waals surface area contributed by atoms with E-state index in [4.69, 9.17) is 9.84 Å². The Kier molecular flexibility index (Phi) is 9.69. The van der Waals surface area contributed by atoms with Crippen LogP contribution in [0.5, 0.6) is 6.01 Å². The van der Waals surface area contributed by atoms with Gasteiger partial charge in [-0.2, -0.15) is 9.97 Å². The third-order valence-electron chi connectivity index (χ3n) is 5.36. The van der Waals surface area contributed by atoms with Crippen LogP contribution < -0.4 is 26.0 Å². The summed E-state index contributed by atoms with van der Waals surface area (Å²) >= 11 is 0. The van der Waals surface area contributed by atoms with Gasteiger partial charge in [0.05, 0.1) is 12.6 Å². The Morgan fingerprint density at radius 1 is 1.31 bits per heavy atom. The zero-order valence-corrected chi connectivity index (χ0v) is 21.5. The summed E-state index contributed by atoms with van der Waals surface area (Å²) in [6.45, 7) is 10.4. The Bertz CT molecular complexity index is 1100. The molecule has 36 heavy (non-hydrogen) atoms. The van der Waals surface area contributed by atoms with Crippen LogP contribution in [-0.4, -0.2) is 41.3 Å². The van der Waals surface area contributed by atoms with Gasteiger partial charge in [-0.3, -0.25) is 0 Å². The number of hydrogen-bond acceptors (Lipinski definition) is 8. The number of nitrogens with zero attached hydrogens (tertiary/aromatic N) is 2. The highest BCUT2D eigenvalue weighted by Crippen LogP contribution is 2.35. The zero-order chi connectivity index (χ0) is 26.1. The quantitative estimate of drug-likeness (QED) is 0.298. The molecular formula is C27H37FN6O2. The van der Waals surface area contributed by atoms with Crippen molar-refractivity contribution in [1.29, 1.82) is 0 Å². The van der Waals surface area contributed by atoms with Crippen LogP contribution in [0.4, 0.5) is 16.0 Å². The van der Waals surface area contributed by atoms with Gasteiger partial charge >= 0.3 is 6.01 Å². The molecule has 0 radical (unpaired) electrons. The Hall–Kier alpha value is -3.59. The SMILES string of the molecule is C=C(/C=C(\NC)C1CC1)Nc1cc(NCCO)nc(OC2=CC=CC3NC(C)=CC3=C2F)n1.CCC. The van der Waals surface area contributed by atoms with Crippen molar-refractivity contribution in [2.24, 2.45) is 5.92 Å². The second kappa shape index (κ2) is 12.9. The second-order valence-electron chi connectivity index (χ2n) is 8.79. The van der Waals surface area contributed by atoms with Gasteiger partial charge in [-0.15, -0.1) is 0 Å². The van der Waals surface area contributed by atoms with E-state index in [1.807, 2.05) is 26.1 Å². The number of hydrogen-bond donors (Lipinski definition) is 5. The molecule has 1 aliphatic heterocycles. The Balaban J connectivity index is 0.00000115. The molecule has 1 fully saturated rings. The third-order valence-corrected chi connectivity index (χ3v) is 5.36. The summed E-state index contributed by atoms with van der Waals surface area (Å²) in [4.78, 5) is 8.71. The number of allylic oxidation sites excluding steroid dienone is 6. The summed E-state index contributed by atoms with van der Waals surface area (Å²) in [6, 6.07) is 1.41. The largest absolute Gasteiger partial charge is 0.421 e. The first-order valence-corrected chi connectivity index (χ1v) is 12.4. The van der Waals surface area contributed by atoms with E-state index in [0.29, 0.717) is 35.4 Å². The van der Waals surface area contributed by atoms with Crippen molar-refractivity contribution in [3.8, 4) is 6.01 Å². The molecule has 1 saturated carbocycles. The molecular weight excluding hydrogens is 459 g/mol. The summed E-state index contributed by atoms with van der Waals surface area (Å²) < 4.78 is 21.0. The Labute approximate surface area is 212 Å². The van der Waals surface area contributed by atoms with Gasteiger partial charge in [-0.1, -0.05) is 39.0 Å². The minimum atomic E-state index is -0.475. The van der Waals surface area contributed by atoms with Gasteiger partial charge in [0.2, 0.25) is 0 Å².